The van der Waals surface area contributed by atoms with E-state index in [1.165, 1.54) is 30.4 Å². The van der Waals surface area contributed by atoms with Crippen LogP contribution in [0.5, 0.6) is 0 Å². The van der Waals surface area contributed by atoms with Crippen LogP contribution < -0.4 is 5.73 Å². The topological polar surface area (TPSA) is 26.0 Å². The molecule has 0 bridgehead atoms. The van der Waals surface area contributed by atoms with Crippen LogP contribution in [0.4, 0.5) is 0 Å². The fourth-order valence-electron chi connectivity index (χ4n) is 2.03. The van der Waals surface area contributed by atoms with Crippen LogP contribution in [0.3, 0.4) is 0 Å². The standard InChI is InChI=1S/C12H15N.ClH/c13-12-7-11(12)10-5-3-9(4-6-10)8-1-2-8;/h3-6,8,11-12H,1-2,7,13H2;1H. The summed E-state index contributed by atoms with van der Waals surface area (Å²) >= 11 is 0. The summed E-state index contributed by atoms with van der Waals surface area (Å²) in [5.41, 5.74) is 8.78. The van der Waals surface area contributed by atoms with E-state index in [9.17, 15) is 0 Å². The van der Waals surface area contributed by atoms with Crippen LogP contribution in [0, 0.1) is 0 Å². The molecule has 0 aliphatic heterocycles. The minimum Gasteiger partial charge on any atom is -0.327 e. The van der Waals surface area contributed by atoms with Crippen LogP contribution in [0.25, 0.3) is 0 Å². The lowest BCUT2D eigenvalue weighted by Gasteiger charge is -2.01. The maximum absolute atomic E-state index is 5.81. The molecule has 2 heteroatoms. The first-order valence-electron chi connectivity index (χ1n) is 5.20. The van der Waals surface area contributed by atoms with E-state index in [-0.39, 0.29) is 12.4 Å². The molecule has 0 spiro atoms. The van der Waals surface area contributed by atoms with E-state index in [1.807, 2.05) is 0 Å². The Kier molecular flexibility index (Phi) is 2.54. The van der Waals surface area contributed by atoms with Crippen molar-refractivity contribution in [3.8, 4) is 0 Å². The van der Waals surface area contributed by atoms with Crippen LogP contribution in [0.15, 0.2) is 24.3 Å². The second kappa shape index (κ2) is 3.56. The number of hydrogen-bond acceptors (Lipinski definition) is 1. The van der Waals surface area contributed by atoms with Crippen molar-refractivity contribution in [1.82, 2.24) is 0 Å². The van der Waals surface area contributed by atoms with Crippen molar-refractivity contribution in [2.45, 2.75) is 37.1 Å². The van der Waals surface area contributed by atoms with Gasteiger partial charge in [-0.2, -0.15) is 0 Å². The zero-order valence-electron chi connectivity index (χ0n) is 8.15. The summed E-state index contributed by atoms with van der Waals surface area (Å²) in [5, 5.41) is 0. The zero-order valence-corrected chi connectivity index (χ0v) is 8.96. The first-order chi connectivity index (χ1) is 6.34. The molecular weight excluding hydrogens is 194 g/mol. The molecule has 1 aromatic carbocycles. The molecule has 2 N–H and O–H groups in total. The molecular formula is C12H16ClN. The number of halogens is 1. The second-order valence-electron chi connectivity index (χ2n) is 4.45. The van der Waals surface area contributed by atoms with Gasteiger partial charge in [-0.15, -0.1) is 12.4 Å². The highest BCUT2D eigenvalue weighted by Crippen LogP contribution is 2.42. The van der Waals surface area contributed by atoms with Crippen molar-refractivity contribution in [2.75, 3.05) is 0 Å². The third kappa shape index (κ3) is 1.79. The van der Waals surface area contributed by atoms with Crippen molar-refractivity contribution in [3.63, 3.8) is 0 Å². The van der Waals surface area contributed by atoms with Gasteiger partial charge in [0.25, 0.3) is 0 Å². The predicted octanol–water partition coefficient (Wildman–Crippen LogP) is 2.80. The van der Waals surface area contributed by atoms with Crippen molar-refractivity contribution < 1.29 is 0 Å². The smallest absolute Gasteiger partial charge is 0.0115 e. The highest BCUT2D eigenvalue weighted by molar-refractivity contribution is 5.85. The first kappa shape index (κ1) is 10.0. The number of nitrogens with two attached hydrogens (primary N) is 1. The van der Waals surface area contributed by atoms with Gasteiger partial charge in [-0.1, -0.05) is 24.3 Å². The van der Waals surface area contributed by atoms with Crippen molar-refractivity contribution in [2.24, 2.45) is 5.73 Å². The highest BCUT2D eigenvalue weighted by atomic mass is 35.5. The summed E-state index contributed by atoms with van der Waals surface area (Å²) in [6.45, 7) is 0. The molecule has 2 atom stereocenters. The Labute approximate surface area is 91.1 Å². The molecule has 3 rings (SSSR count). The van der Waals surface area contributed by atoms with E-state index in [2.05, 4.69) is 24.3 Å². The molecule has 1 nitrogen and oxygen atoms in total. The third-order valence-electron chi connectivity index (χ3n) is 3.25. The largest absolute Gasteiger partial charge is 0.327 e. The maximum Gasteiger partial charge on any atom is 0.0115 e. The normalized spacial score (nSPS) is 29.5. The fourth-order valence-corrected chi connectivity index (χ4v) is 2.03. The highest BCUT2D eigenvalue weighted by Gasteiger charge is 2.34. The van der Waals surface area contributed by atoms with Gasteiger partial charge in [-0.05, 0) is 36.3 Å². The van der Waals surface area contributed by atoms with Crippen LogP contribution in [-0.2, 0) is 0 Å². The van der Waals surface area contributed by atoms with Crippen LogP contribution in [0.2, 0.25) is 0 Å². The van der Waals surface area contributed by atoms with Gasteiger partial charge in [0.05, 0.1) is 0 Å². The first-order valence-corrected chi connectivity index (χ1v) is 5.20. The van der Waals surface area contributed by atoms with Gasteiger partial charge in [0.15, 0.2) is 0 Å². The van der Waals surface area contributed by atoms with Crippen LogP contribution in [-0.4, -0.2) is 6.04 Å². The van der Waals surface area contributed by atoms with Gasteiger partial charge in [0.2, 0.25) is 0 Å². The maximum atomic E-state index is 5.81. The van der Waals surface area contributed by atoms with Crippen molar-refractivity contribution >= 4 is 12.4 Å². The Morgan fingerprint density at radius 3 is 1.93 bits per heavy atom. The van der Waals surface area contributed by atoms with E-state index in [4.69, 9.17) is 5.73 Å². The molecule has 0 aromatic heterocycles. The Bertz CT molecular complexity index is 316. The molecule has 0 heterocycles. The molecule has 0 radical (unpaired) electrons. The average Bonchev–Trinajstić information content (AvgIpc) is 2.98. The van der Waals surface area contributed by atoms with E-state index in [0.717, 1.165) is 5.92 Å². The van der Waals surface area contributed by atoms with Gasteiger partial charge in [0, 0.05) is 12.0 Å². The zero-order chi connectivity index (χ0) is 8.84. The summed E-state index contributed by atoms with van der Waals surface area (Å²) in [4.78, 5) is 0. The van der Waals surface area contributed by atoms with Crippen LogP contribution in [0.1, 0.15) is 42.2 Å². The number of hydrogen-bond donors (Lipinski definition) is 1. The molecule has 2 fully saturated rings. The average molecular weight is 210 g/mol. The van der Waals surface area contributed by atoms with Gasteiger partial charge in [-0.25, -0.2) is 0 Å². The Morgan fingerprint density at radius 2 is 1.50 bits per heavy atom. The summed E-state index contributed by atoms with van der Waals surface area (Å²) in [6, 6.07) is 9.55. The van der Waals surface area contributed by atoms with Crippen molar-refractivity contribution in [1.29, 1.82) is 0 Å². The summed E-state index contributed by atoms with van der Waals surface area (Å²) in [5.74, 6) is 1.54. The summed E-state index contributed by atoms with van der Waals surface area (Å²) in [6.07, 6.45) is 3.97. The summed E-state index contributed by atoms with van der Waals surface area (Å²) < 4.78 is 0. The molecule has 1 aromatic rings. The Hall–Kier alpha value is -0.530. The SMILES string of the molecule is Cl.NC1CC1c1ccc(C2CC2)cc1. The molecule has 14 heavy (non-hydrogen) atoms. The number of benzene rings is 1. The van der Waals surface area contributed by atoms with Gasteiger partial charge in [-0.3, -0.25) is 0 Å². The molecule has 2 aliphatic carbocycles. The number of rotatable bonds is 2. The van der Waals surface area contributed by atoms with E-state index < -0.39 is 0 Å². The van der Waals surface area contributed by atoms with E-state index >= 15 is 0 Å². The van der Waals surface area contributed by atoms with Crippen molar-refractivity contribution in [3.05, 3.63) is 35.4 Å². The fraction of sp³-hybridized carbons (Fsp3) is 0.500. The molecule has 0 amide bonds. The minimum atomic E-state index is 0. The molecule has 76 valence electrons. The quantitative estimate of drug-likeness (QED) is 0.797. The predicted molar refractivity (Wildman–Crippen MR) is 61.0 cm³/mol. The molecule has 0 saturated heterocycles. The van der Waals surface area contributed by atoms with Crippen LogP contribution >= 0.6 is 12.4 Å². The molecule has 2 aliphatic rings. The van der Waals surface area contributed by atoms with E-state index in [0.29, 0.717) is 12.0 Å². The summed E-state index contributed by atoms with van der Waals surface area (Å²) in [7, 11) is 0. The molecule has 2 saturated carbocycles. The second-order valence-corrected chi connectivity index (χ2v) is 4.45. The molecule has 2 unspecified atom stereocenters. The van der Waals surface area contributed by atoms with Gasteiger partial charge >= 0.3 is 0 Å². The van der Waals surface area contributed by atoms with E-state index in [1.54, 1.807) is 0 Å². The lowest BCUT2D eigenvalue weighted by Crippen LogP contribution is -2.00. The monoisotopic (exact) mass is 209 g/mol. The minimum absolute atomic E-state index is 0. The van der Waals surface area contributed by atoms with Gasteiger partial charge < -0.3 is 5.73 Å². The Balaban J connectivity index is 0.000000750. The third-order valence-corrected chi connectivity index (χ3v) is 3.25. The lowest BCUT2D eigenvalue weighted by molar-refractivity contribution is 0.986. The Morgan fingerprint density at radius 1 is 1.00 bits per heavy atom. The van der Waals surface area contributed by atoms with Gasteiger partial charge in [0.1, 0.15) is 0 Å². The lowest BCUT2D eigenvalue weighted by atomic mass is 10.1.